The lowest BCUT2D eigenvalue weighted by Crippen LogP contribution is -2.73. The number of ether oxygens (including phenoxy) is 1. The fourth-order valence-corrected chi connectivity index (χ4v) is 6.21. The average molecular weight is 645 g/mol. The Morgan fingerprint density at radius 3 is 2.58 bits per heavy atom. The van der Waals surface area contributed by atoms with E-state index in [0.29, 0.717) is 66.4 Å². The molecule has 1 atom stereocenters. The Labute approximate surface area is 243 Å². The summed E-state index contributed by atoms with van der Waals surface area (Å²) in [6, 6.07) is 5.15. The first-order valence-electron chi connectivity index (χ1n) is 12.7. The molecule has 14 heteroatoms. The second-order valence-corrected chi connectivity index (χ2v) is 11.9. The number of aryl methyl sites for hydroxylation is 1. The SMILES string of the molecule is CNC[C@@H](O)COc1ccc(Cl)c(-c2nc(-c3c(Br)cnn3C)c(C)c(N3CC4(CN(CC(F)(F)F)C4)C3)n2)c1. The Bertz CT molecular complexity index is 1370. The lowest BCUT2D eigenvalue weighted by molar-refractivity contribution is -0.172. The number of aliphatic hydroxyl groups is 1. The van der Waals surface area contributed by atoms with Crippen LogP contribution in [0.4, 0.5) is 19.0 Å². The van der Waals surface area contributed by atoms with E-state index in [-0.39, 0.29) is 12.0 Å². The molecule has 0 unspecified atom stereocenters. The van der Waals surface area contributed by atoms with Gasteiger partial charge in [-0.1, -0.05) is 11.6 Å². The molecule has 2 saturated heterocycles. The molecule has 4 heterocycles. The molecule has 2 aliphatic heterocycles. The zero-order valence-corrected chi connectivity index (χ0v) is 24.6. The summed E-state index contributed by atoms with van der Waals surface area (Å²) in [5, 5.41) is 17.7. The number of likely N-dealkylation sites (N-methyl/N-ethyl adjacent to an activating group) is 1. The number of anilines is 1. The monoisotopic (exact) mass is 643 g/mol. The standard InChI is InChI=1S/C26H30BrClF3N7O2/c1-15-21(22-19(27)8-33-36(22)3)34-23(18-6-17(4-5-20(18)28)40-9-16(39)7-32-2)35-24(15)38-12-25(13-38)10-37(11-25)14-26(29,30)31/h4-6,8,16,32,39H,7,9-14H2,1-3H3/t16-/m1/s1. The van der Waals surface area contributed by atoms with Gasteiger partial charge in [0.1, 0.15) is 30.0 Å². The van der Waals surface area contributed by atoms with Gasteiger partial charge in [0.2, 0.25) is 0 Å². The van der Waals surface area contributed by atoms with Gasteiger partial charge in [-0.25, -0.2) is 9.97 Å². The molecule has 216 valence electrons. The summed E-state index contributed by atoms with van der Waals surface area (Å²) in [5.74, 6) is 1.58. The van der Waals surface area contributed by atoms with Crippen LogP contribution in [0.25, 0.3) is 22.8 Å². The molecule has 40 heavy (non-hydrogen) atoms. The van der Waals surface area contributed by atoms with Crippen LogP contribution in [0.15, 0.2) is 28.9 Å². The zero-order chi connectivity index (χ0) is 28.8. The first-order valence-corrected chi connectivity index (χ1v) is 13.9. The van der Waals surface area contributed by atoms with E-state index in [0.717, 1.165) is 15.7 Å². The number of aliphatic hydroxyl groups excluding tert-OH is 1. The molecule has 0 radical (unpaired) electrons. The van der Waals surface area contributed by atoms with E-state index in [1.165, 1.54) is 4.90 Å². The molecule has 0 saturated carbocycles. The van der Waals surface area contributed by atoms with Crippen molar-refractivity contribution in [2.24, 2.45) is 12.5 Å². The highest BCUT2D eigenvalue weighted by Crippen LogP contribution is 2.45. The maximum absolute atomic E-state index is 12.8. The highest BCUT2D eigenvalue weighted by Gasteiger charge is 2.54. The predicted octanol–water partition coefficient (Wildman–Crippen LogP) is 3.91. The molecule has 3 aromatic rings. The first-order chi connectivity index (χ1) is 18.9. The summed E-state index contributed by atoms with van der Waals surface area (Å²) in [6.45, 7) is 3.55. The lowest BCUT2D eigenvalue weighted by atomic mass is 9.72. The molecule has 2 N–H and O–H groups in total. The summed E-state index contributed by atoms with van der Waals surface area (Å²) in [4.78, 5) is 13.3. The number of aromatic nitrogens is 4. The highest BCUT2D eigenvalue weighted by molar-refractivity contribution is 9.10. The van der Waals surface area contributed by atoms with E-state index in [9.17, 15) is 18.3 Å². The van der Waals surface area contributed by atoms with Crippen molar-refractivity contribution in [3.8, 4) is 28.5 Å². The van der Waals surface area contributed by atoms with E-state index in [2.05, 4.69) is 31.2 Å². The third kappa shape index (κ3) is 5.94. The van der Waals surface area contributed by atoms with Crippen molar-refractivity contribution in [1.82, 2.24) is 30.0 Å². The number of benzene rings is 1. The fourth-order valence-electron chi connectivity index (χ4n) is 5.47. The summed E-state index contributed by atoms with van der Waals surface area (Å²) >= 11 is 10.2. The van der Waals surface area contributed by atoms with E-state index in [1.54, 1.807) is 36.1 Å². The molecule has 0 amide bonds. The normalized spacial score (nSPS) is 17.6. The summed E-state index contributed by atoms with van der Waals surface area (Å²) in [6.07, 6.45) is -3.19. The molecule has 2 aliphatic rings. The van der Waals surface area contributed by atoms with Gasteiger partial charge in [-0.15, -0.1) is 0 Å². The maximum Gasteiger partial charge on any atom is 0.401 e. The number of hydrogen-bond acceptors (Lipinski definition) is 8. The zero-order valence-electron chi connectivity index (χ0n) is 22.3. The van der Waals surface area contributed by atoms with Crippen LogP contribution >= 0.6 is 27.5 Å². The molecule has 1 spiro atoms. The van der Waals surface area contributed by atoms with E-state index in [4.69, 9.17) is 26.3 Å². The van der Waals surface area contributed by atoms with Crippen molar-refractivity contribution in [2.75, 3.05) is 57.8 Å². The van der Waals surface area contributed by atoms with Crippen LogP contribution in [0.5, 0.6) is 5.75 Å². The van der Waals surface area contributed by atoms with Crippen molar-refractivity contribution >= 4 is 33.3 Å². The van der Waals surface area contributed by atoms with Crippen LogP contribution in [0.2, 0.25) is 5.02 Å². The van der Waals surface area contributed by atoms with E-state index >= 15 is 0 Å². The highest BCUT2D eigenvalue weighted by atomic mass is 79.9. The first kappa shape index (κ1) is 29.1. The minimum absolute atomic E-state index is 0.0936. The third-order valence-electron chi connectivity index (χ3n) is 7.17. The maximum atomic E-state index is 12.8. The van der Waals surface area contributed by atoms with Crippen molar-refractivity contribution in [3.05, 3.63) is 39.5 Å². The predicted molar refractivity (Wildman–Crippen MR) is 150 cm³/mol. The number of likely N-dealkylation sites (tertiary alicyclic amines) is 1. The Hall–Kier alpha value is -2.45. The molecule has 2 aromatic heterocycles. The largest absolute Gasteiger partial charge is 0.491 e. The Morgan fingerprint density at radius 2 is 1.95 bits per heavy atom. The Balaban J connectivity index is 1.47. The van der Waals surface area contributed by atoms with Gasteiger partial charge in [0, 0.05) is 56.3 Å². The van der Waals surface area contributed by atoms with Crippen LogP contribution in [-0.2, 0) is 7.05 Å². The minimum Gasteiger partial charge on any atom is -0.491 e. The second kappa shape index (κ2) is 11.1. The van der Waals surface area contributed by atoms with E-state index in [1.807, 2.05) is 14.0 Å². The average Bonchev–Trinajstić information content (AvgIpc) is 3.17. The van der Waals surface area contributed by atoms with Gasteiger partial charge in [0.05, 0.1) is 27.9 Å². The van der Waals surface area contributed by atoms with Crippen LogP contribution in [0.3, 0.4) is 0 Å². The summed E-state index contributed by atoms with van der Waals surface area (Å²) < 4.78 is 46.7. The molecular weight excluding hydrogens is 615 g/mol. The molecule has 0 bridgehead atoms. The number of halogens is 5. The molecule has 9 nitrogen and oxygen atoms in total. The fraction of sp³-hybridized carbons (Fsp3) is 0.500. The van der Waals surface area contributed by atoms with Crippen molar-refractivity contribution in [1.29, 1.82) is 0 Å². The Kier molecular flexibility index (Phi) is 8.05. The molecular formula is C26H30BrClF3N7O2. The molecule has 0 aliphatic carbocycles. The number of hydrogen-bond donors (Lipinski definition) is 2. The molecule has 2 fully saturated rings. The number of alkyl halides is 3. The van der Waals surface area contributed by atoms with Gasteiger partial charge in [-0.3, -0.25) is 9.58 Å². The smallest absolute Gasteiger partial charge is 0.401 e. The van der Waals surface area contributed by atoms with Gasteiger partial charge in [0.15, 0.2) is 5.82 Å². The van der Waals surface area contributed by atoms with Crippen molar-refractivity contribution in [3.63, 3.8) is 0 Å². The van der Waals surface area contributed by atoms with Gasteiger partial charge in [0.25, 0.3) is 0 Å². The lowest BCUT2D eigenvalue weighted by Gasteiger charge is -2.61. The quantitative estimate of drug-likeness (QED) is 0.363. The molecule has 5 rings (SSSR count). The van der Waals surface area contributed by atoms with Crippen LogP contribution in [-0.4, -0.2) is 95.0 Å². The number of nitrogens with one attached hydrogen (secondary N) is 1. The van der Waals surface area contributed by atoms with E-state index < -0.39 is 18.8 Å². The summed E-state index contributed by atoms with van der Waals surface area (Å²) in [7, 11) is 3.57. The van der Waals surface area contributed by atoms with Crippen LogP contribution in [0, 0.1) is 12.3 Å². The van der Waals surface area contributed by atoms with Gasteiger partial charge < -0.3 is 20.1 Å². The van der Waals surface area contributed by atoms with Gasteiger partial charge in [-0.2, -0.15) is 18.3 Å². The van der Waals surface area contributed by atoms with Crippen LogP contribution in [0.1, 0.15) is 5.56 Å². The third-order valence-corrected chi connectivity index (χ3v) is 8.08. The number of rotatable bonds is 9. The second-order valence-electron chi connectivity index (χ2n) is 10.6. The number of nitrogens with zero attached hydrogens (tertiary/aromatic N) is 6. The summed E-state index contributed by atoms with van der Waals surface area (Å²) in [5.41, 5.74) is 2.63. The Morgan fingerprint density at radius 1 is 1.23 bits per heavy atom. The molecule has 1 aromatic carbocycles. The topological polar surface area (TPSA) is 91.6 Å². The minimum atomic E-state index is -4.20. The van der Waals surface area contributed by atoms with Gasteiger partial charge in [-0.05, 0) is 48.1 Å². The van der Waals surface area contributed by atoms with Gasteiger partial charge >= 0.3 is 6.18 Å². The van der Waals surface area contributed by atoms with Crippen molar-refractivity contribution < 1.29 is 23.0 Å². The van der Waals surface area contributed by atoms with Crippen molar-refractivity contribution in [2.45, 2.75) is 19.2 Å². The van der Waals surface area contributed by atoms with Crippen LogP contribution < -0.4 is 15.0 Å².